The van der Waals surface area contributed by atoms with E-state index in [0.29, 0.717) is 5.69 Å². The van der Waals surface area contributed by atoms with Gasteiger partial charge in [-0.1, -0.05) is 5.22 Å². The highest BCUT2D eigenvalue weighted by atomic mass is 16.5. The van der Waals surface area contributed by atoms with E-state index in [2.05, 4.69) is 10.3 Å². The zero-order chi connectivity index (χ0) is 13.7. The van der Waals surface area contributed by atoms with Gasteiger partial charge in [-0.05, 0) is 37.1 Å². The van der Waals surface area contributed by atoms with Crippen molar-refractivity contribution in [3.05, 3.63) is 23.3 Å². The Balaban J connectivity index is 2.88. The zero-order valence-corrected chi connectivity index (χ0v) is 11.0. The summed E-state index contributed by atoms with van der Waals surface area (Å²) in [7, 11) is 3.17. The number of nitrogens with zero attached hydrogens (tertiary/aromatic N) is 3. The predicted molar refractivity (Wildman–Crippen MR) is 67.2 cm³/mol. The van der Waals surface area contributed by atoms with Gasteiger partial charge in [-0.15, -0.1) is 5.11 Å². The number of likely N-dealkylation sites (N-methyl/N-ethyl adjacent to an activating group) is 1. The van der Waals surface area contributed by atoms with Crippen LogP contribution in [0.4, 0.5) is 5.69 Å². The lowest BCUT2D eigenvalue weighted by molar-refractivity contribution is -0.138. The van der Waals surface area contributed by atoms with Gasteiger partial charge in [-0.25, -0.2) is 0 Å². The Labute approximate surface area is 106 Å². The summed E-state index contributed by atoms with van der Waals surface area (Å²) >= 11 is 0. The Kier molecular flexibility index (Phi) is 4.65. The number of carboxylic acids is 1. The van der Waals surface area contributed by atoms with E-state index in [1.54, 1.807) is 14.2 Å². The number of carboxylic acid groups (broad SMARTS) is 1. The van der Waals surface area contributed by atoms with Crippen LogP contribution in [0.25, 0.3) is 0 Å². The van der Waals surface area contributed by atoms with E-state index < -0.39 is 5.97 Å². The first kappa shape index (κ1) is 14.0. The van der Waals surface area contributed by atoms with Crippen LogP contribution < -0.4 is 4.74 Å². The van der Waals surface area contributed by atoms with Gasteiger partial charge in [0.25, 0.3) is 0 Å². The van der Waals surface area contributed by atoms with Crippen LogP contribution in [0, 0.1) is 13.8 Å². The Morgan fingerprint density at radius 3 is 2.61 bits per heavy atom. The van der Waals surface area contributed by atoms with Crippen LogP contribution in [0.1, 0.15) is 11.1 Å². The Morgan fingerprint density at radius 1 is 1.39 bits per heavy atom. The molecule has 0 unspecified atom stereocenters. The Morgan fingerprint density at radius 2 is 2.06 bits per heavy atom. The highest BCUT2D eigenvalue weighted by Gasteiger charge is 2.05. The maximum atomic E-state index is 10.5. The second-order valence-electron chi connectivity index (χ2n) is 4.01. The molecule has 0 aliphatic heterocycles. The van der Waals surface area contributed by atoms with Gasteiger partial charge in [0.15, 0.2) is 0 Å². The van der Waals surface area contributed by atoms with E-state index in [-0.39, 0.29) is 6.54 Å². The topological polar surface area (TPSA) is 74.5 Å². The van der Waals surface area contributed by atoms with Crippen LogP contribution in [0.3, 0.4) is 0 Å². The molecular formula is C12H17N3O3. The number of aryl methyl sites for hydroxylation is 2. The van der Waals surface area contributed by atoms with Crippen molar-refractivity contribution < 1.29 is 14.6 Å². The molecule has 98 valence electrons. The second kappa shape index (κ2) is 6.00. The molecule has 0 saturated heterocycles. The van der Waals surface area contributed by atoms with Crippen molar-refractivity contribution in [3.63, 3.8) is 0 Å². The molecule has 1 aromatic carbocycles. The highest BCUT2D eigenvalue weighted by molar-refractivity contribution is 5.68. The number of hydrogen-bond donors (Lipinski definition) is 1. The summed E-state index contributed by atoms with van der Waals surface area (Å²) in [5.41, 5.74) is 2.58. The van der Waals surface area contributed by atoms with E-state index in [9.17, 15) is 4.79 Å². The van der Waals surface area contributed by atoms with E-state index in [1.807, 2.05) is 26.0 Å². The lowest BCUT2D eigenvalue weighted by Gasteiger charge is -2.09. The molecule has 1 N–H and O–H groups in total. The zero-order valence-electron chi connectivity index (χ0n) is 11.0. The molecule has 6 nitrogen and oxygen atoms in total. The molecule has 0 amide bonds. The summed E-state index contributed by atoms with van der Waals surface area (Å²) in [6.45, 7) is 3.63. The fourth-order valence-electron chi connectivity index (χ4n) is 1.45. The highest BCUT2D eigenvalue weighted by Crippen LogP contribution is 2.28. The van der Waals surface area contributed by atoms with E-state index in [0.717, 1.165) is 16.9 Å². The number of carbonyl (C=O) groups is 1. The summed E-state index contributed by atoms with van der Waals surface area (Å²) in [6, 6.07) is 3.73. The van der Waals surface area contributed by atoms with Gasteiger partial charge in [0, 0.05) is 7.05 Å². The third-order valence-electron chi connectivity index (χ3n) is 2.38. The summed E-state index contributed by atoms with van der Waals surface area (Å²) < 4.78 is 5.20. The Hall–Kier alpha value is -2.11. The quantitative estimate of drug-likeness (QED) is 0.643. The largest absolute Gasteiger partial charge is 0.496 e. The first-order valence-corrected chi connectivity index (χ1v) is 5.44. The van der Waals surface area contributed by atoms with Crippen molar-refractivity contribution in [1.29, 1.82) is 0 Å². The third kappa shape index (κ3) is 3.73. The summed E-state index contributed by atoms with van der Waals surface area (Å²) in [6.07, 6.45) is 0. The molecule has 0 spiro atoms. The first-order valence-electron chi connectivity index (χ1n) is 5.44. The van der Waals surface area contributed by atoms with Gasteiger partial charge in [0.1, 0.15) is 12.3 Å². The smallest absolute Gasteiger partial charge is 0.324 e. The molecule has 0 aromatic heterocycles. The Bertz CT molecular complexity index is 472. The molecular weight excluding hydrogens is 234 g/mol. The molecule has 1 rings (SSSR count). The second-order valence-corrected chi connectivity index (χ2v) is 4.01. The first-order chi connectivity index (χ1) is 8.43. The van der Waals surface area contributed by atoms with Crippen molar-refractivity contribution in [1.82, 2.24) is 5.01 Å². The number of ether oxygens (including phenoxy) is 1. The predicted octanol–water partition coefficient (Wildman–Crippen LogP) is 2.33. The average Bonchev–Trinajstić information content (AvgIpc) is 2.28. The van der Waals surface area contributed by atoms with Crippen molar-refractivity contribution in [3.8, 4) is 5.75 Å². The molecule has 0 radical (unpaired) electrons. The normalized spacial score (nSPS) is 10.7. The van der Waals surface area contributed by atoms with Gasteiger partial charge < -0.3 is 9.84 Å². The molecule has 1 aromatic rings. The maximum Gasteiger partial charge on any atom is 0.324 e. The minimum Gasteiger partial charge on any atom is -0.496 e. The number of aliphatic carboxylic acids is 1. The summed E-state index contributed by atoms with van der Waals surface area (Å²) in [5, 5.41) is 17.7. The van der Waals surface area contributed by atoms with Crippen molar-refractivity contribution in [2.45, 2.75) is 13.8 Å². The SMILES string of the molecule is COc1cc(C)c(N=NN(C)CC(=O)O)cc1C. The van der Waals surface area contributed by atoms with Crippen molar-refractivity contribution in [2.24, 2.45) is 10.3 Å². The standard InChI is InChI=1S/C12H17N3O3/c1-8-6-11(18-4)9(2)5-10(8)13-14-15(3)7-12(16)17/h5-6H,7H2,1-4H3,(H,16,17). The van der Waals surface area contributed by atoms with Crippen molar-refractivity contribution >= 4 is 11.7 Å². The number of methoxy groups -OCH3 is 1. The van der Waals surface area contributed by atoms with Crippen LogP contribution in [0.15, 0.2) is 22.5 Å². The summed E-state index contributed by atoms with van der Waals surface area (Å²) in [5.74, 6) is -0.149. The molecule has 0 atom stereocenters. The fraction of sp³-hybridized carbons (Fsp3) is 0.417. The van der Waals surface area contributed by atoms with Crippen LogP contribution in [-0.2, 0) is 4.79 Å². The molecule has 6 heteroatoms. The number of rotatable bonds is 5. The minimum absolute atomic E-state index is 0.183. The minimum atomic E-state index is -0.945. The van der Waals surface area contributed by atoms with Gasteiger partial charge in [0.2, 0.25) is 0 Å². The van der Waals surface area contributed by atoms with E-state index in [1.165, 1.54) is 5.01 Å². The van der Waals surface area contributed by atoms with Gasteiger partial charge >= 0.3 is 5.97 Å². The fourth-order valence-corrected chi connectivity index (χ4v) is 1.45. The van der Waals surface area contributed by atoms with Crippen LogP contribution >= 0.6 is 0 Å². The molecule has 18 heavy (non-hydrogen) atoms. The van der Waals surface area contributed by atoms with E-state index >= 15 is 0 Å². The summed E-state index contributed by atoms with van der Waals surface area (Å²) in [4.78, 5) is 10.5. The van der Waals surface area contributed by atoms with Crippen molar-refractivity contribution in [2.75, 3.05) is 20.7 Å². The molecule has 0 saturated carbocycles. The van der Waals surface area contributed by atoms with Gasteiger partial charge in [-0.2, -0.15) is 0 Å². The average molecular weight is 251 g/mol. The van der Waals surface area contributed by atoms with Gasteiger partial charge in [0.05, 0.1) is 12.8 Å². The molecule has 0 aliphatic rings. The third-order valence-corrected chi connectivity index (χ3v) is 2.38. The molecule has 0 aliphatic carbocycles. The molecule has 0 bridgehead atoms. The van der Waals surface area contributed by atoms with Crippen LogP contribution in [-0.4, -0.2) is 36.8 Å². The maximum absolute atomic E-state index is 10.5. The molecule has 0 heterocycles. The molecule has 0 fully saturated rings. The van der Waals surface area contributed by atoms with E-state index in [4.69, 9.17) is 9.84 Å². The lowest BCUT2D eigenvalue weighted by atomic mass is 10.1. The van der Waals surface area contributed by atoms with Crippen LogP contribution in [0.5, 0.6) is 5.75 Å². The monoisotopic (exact) mass is 251 g/mol. The van der Waals surface area contributed by atoms with Crippen LogP contribution in [0.2, 0.25) is 0 Å². The number of benzene rings is 1. The lowest BCUT2D eigenvalue weighted by Crippen LogP contribution is -2.19. The number of hydrogen-bond acceptors (Lipinski definition) is 4. The van der Waals surface area contributed by atoms with Gasteiger partial charge in [-0.3, -0.25) is 9.80 Å².